The van der Waals surface area contributed by atoms with Crippen molar-refractivity contribution in [3.63, 3.8) is 0 Å². The Balaban J connectivity index is 1.49. The van der Waals surface area contributed by atoms with Crippen LogP contribution in [0.3, 0.4) is 0 Å². The molecule has 7 nitrogen and oxygen atoms in total. The Morgan fingerprint density at radius 2 is 2.12 bits per heavy atom. The molecule has 0 radical (unpaired) electrons. The molecule has 0 spiro atoms. The number of para-hydroxylation sites is 1. The van der Waals surface area contributed by atoms with E-state index in [2.05, 4.69) is 41.6 Å². The van der Waals surface area contributed by atoms with Crippen LogP contribution in [-0.4, -0.2) is 30.3 Å². The highest BCUT2D eigenvalue weighted by Crippen LogP contribution is 2.29. The second kappa shape index (κ2) is 6.83. The van der Waals surface area contributed by atoms with Crippen LogP contribution in [0.25, 0.3) is 16.4 Å². The van der Waals surface area contributed by atoms with E-state index in [9.17, 15) is 0 Å². The monoisotopic (exact) mass is 420 g/mol. The predicted molar refractivity (Wildman–Crippen MR) is 94.0 cm³/mol. The molecule has 10 heteroatoms. The SMILES string of the molecule is Brc1csc(-c2noc(CSc3nnnn3-c3ccccc3)n2)c1. The molecule has 120 valence electrons. The number of nitrogens with zero attached hydrogens (tertiary/aromatic N) is 6. The Labute approximate surface area is 153 Å². The summed E-state index contributed by atoms with van der Waals surface area (Å²) < 4.78 is 7.99. The second-order valence-electron chi connectivity index (χ2n) is 4.64. The summed E-state index contributed by atoms with van der Waals surface area (Å²) in [4.78, 5) is 5.36. The van der Waals surface area contributed by atoms with Gasteiger partial charge in [0.25, 0.3) is 0 Å². The number of rotatable bonds is 5. The molecule has 0 atom stereocenters. The molecular formula is C14H9BrN6OS2. The van der Waals surface area contributed by atoms with E-state index in [0.717, 1.165) is 15.0 Å². The third-order valence-electron chi connectivity index (χ3n) is 3.02. The Hall–Kier alpha value is -2.04. The van der Waals surface area contributed by atoms with Crippen LogP contribution in [0.1, 0.15) is 5.89 Å². The molecule has 4 aromatic rings. The van der Waals surface area contributed by atoms with Gasteiger partial charge in [0.15, 0.2) is 0 Å². The van der Waals surface area contributed by atoms with E-state index in [1.165, 1.54) is 11.8 Å². The summed E-state index contributed by atoms with van der Waals surface area (Å²) >= 11 is 6.42. The van der Waals surface area contributed by atoms with E-state index in [-0.39, 0.29) is 0 Å². The van der Waals surface area contributed by atoms with E-state index in [1.807, 2.05) is 41.8 Å². The van der Waals surface area contributed by atoms with Crippen LogP contribution in [0.4, 0.5) is 0 Å². The van der Waals surface area contributed by atoms with Crippen LogP contribution < -0.4 is 0 Å². The number of hydrogen-bond donors (Lipinski definition) is 0. The Morgan fingerprint density at radius 1 is 1.25 bits per heavy atom. The van der Waals surface area contributed by atoms with Gasteiger partial charge in [-0.2, -0.15) is 9.67 Å². The highest BCUT2D eigenvalue weighted by Gasteiger charge is 2.14. The van der Waals surface area contributed by atoms with Crippen molar-refractivity contribution in [2.75, 3.05) is 0 Å². The molecule has 3 heterocycles. The van der Waals surface area contributed by atoms with Gasteiger partial charge in [-0.05, 0) is 44.6 Å². The van der Waals surface area contributed by atoms with Crippen molar-refractivity contribution >= 4 is 39.0 Å². The van der Waals surface area contributed by atoms with Gasteiger partial charge in [0.05, 0.1) is 16.3 Å². The smallest absolute Gasteiger partial charge is 0.237 e. The molecular weight excluding hydrogens is 412 g/mol. The molecule has 0 N–H and O–H groups in total. The molecule has 0 saturated heterocycles. The van der Waals surface area contributed by atoms with Gasteiger partial charge in [0, 0.05) is 9.85 Å². The molecule has 24 heavy (non-hydrogen) atoms. The van der Waals surface area contributed by atoms with Gasteiger partial charge in [-0.25, -0.2) is 0 Å². The van der Waals surface area contributed by atoms with Crippen LogP contribution in [-0.2, 0) is 5.75 Å². The summed E-state index contributed by atoms with van der Waals surface area (Å²) in [5.74, 6) is 1.61. The Bertz CT molecular complexity index is 951. The molecule has 0 fully saturated rings. The van der Waals surface area contributed by atoms with Crippen molar-refractivity contribution in [3.8, 4) is 16.4 Å². The first kappa shape index (κ1) is 15.5. The van der Waals surface area contributed by atoms with Crippen LogP contribution in [0.15, 0.2) is 55.9 Å². The lowest BCUT2D eigenvalue weighted by Gasteiger charge is -2.01. The lowest BCUT2D eigenvalue weighted by molar-refractivity contribution is 0.391. The topological polar surface area (TPSA) is 82.5 Å². The third kappa shape index (κ3) is 3.25. The minimum absolute atomic E-state index is 0.493. The minimum Gasteiger partial charge on any atom is -0.338 e. The number of aromatic nitrogens is 6. The number of hydrogen-bond acceptors (Lipinski definition) is 8. The zero-order valence-electron chi connectivity index (χ0n) is 12.0. The van der Waals surface area contributed by atoms with E-state index in [0.29, 0.717) is 22.6 Å². The maximum absolute atomic E-state index is 5.30. The van der Waals surface area contributed by atoms with Crippen molar-refractivity contribution in [3.05, 3.63) is 52.1 Å². The number of tetrazole rings is 1. The fraction of sp³-hybridized carbons (Fsp3) is 0.0714. The van der Waals surface area contributed by atoms with Gasteiger partial charge < -0.3 is 4.52 Å². The molecule has 0 saturated carbocycles. The highest BCUT2D eigenvalue weighted by molar-refractivity contribution is 9.10. The first-order valence-electron chi connectivity index (χ1n) is 6.83. The number of thioether (sulfide) groups is 1. The Kier molecular flexibility index (Phi) is 4.41. The molecule has 0 aliphatic heterocycles. The van der Waals surface area contributed by atoms with Gasteiger partial charge in [0.1, 0.15) is 0 Å². The van der Waals surface area contributed by atoms with Crippen molar-refractivity contribution in [2.24, 2.45) is 0 Å². The van der Waals surface area contributed by atoms with Crippen LogP contribution in [0.5, 0.6) is 0 Å². The molecule has 0 amide bonds. The minimum atomic E-state index is 0.493. The highest BCUT2D eigenvalue weighted by atomic mass is 79.9. The molecule has 3 aromatic heterocycles. The largest absolute Gasteiger partial charge is 0.338 e. The van der Waals surface area contributed by atoms with Crippen molar-refractivity contribution < 1.29 is 4.52 Å². The second-order valence-corrected chi connectivity index (χ2v) is 7.41. The van der Waals surface area contributed by atoms with Crippen molar-refractivity contribution in [2.45, 2.75) is 10.9 Å². The van der Waals surface area contributed by atoms with Crippen molar-refractivity contribution in [1.82, 2.24) is 30.3 Å². The van der Waals surface area contributed by atoms with Gasteiger partial charge in [-0.3, -0.25) is 0 Å². The van der Waals surface area contributed by atoms with Crippen LogP contribution in [0, 0.1) is 0 Å². The number of thiophene rings is 1. The maximum Gasteiger partial charge on any atom is 0.237 e. The standard InChI is InChI=1S/C14H9BrN6OS2/c15-9-6-11(23-7-9)13-16-12(22-18-13)8-24-14-17-19-20-21(14)10-4-2-1-3-5-10/h1-7H,8H2. The summed E-state index contributed by atoms with van der Waals surface area (Å²) in [6.45, 7) is 0. The molecule has 1 aromatic carbocycles. The predicted octanol–water partition coefficient (Wildman–Crippen LogP) is 3.83. The van der Waals surface area contributed by atoms with E-state index in [1.54, 1.807) is 16.0 Å². The normalized spacial score (nSPS) is 11.0. The van der Waals surface area contributed by atoms with Crippen LogP contribution in [0.2, 0.25) is 0 Å². The molecule has 0 aliphatic carbocycles. The Morgan fingerprint density at radius 3 is 2.92 bits per heavy atom. The van der Waals surface area contributed by atoms with Crippen molar-refractivity contribution in [1.29, 1.82) is 0 Å². The summed E-state index contributed by atoms with van der Waals surface area (Å²) in [6.07, 6.45) is 0. The zero-order chi connectivity index (χ0) is 16.4. The molecule has 0 aliphatic rings. The quantitative estimate of drug-likeness (QED) is 0.453. The van der Waals surface area contributed by atoms with Gasteiger partial charge in [-0.15, -0.1) is 16.4 Å². The van der Waals surface area contributed by atoms with E-state index in [4.69, 9.17) is 4.52 Å². The molecule has 0 unspecified atom stereocenters. The lowest BCUT2D eigenvalue weighted by Crippen LogP contribution is -1.98. The lowest BCUT2D eigenvalue weighted by atomic mass is 10.3. The summed E-state index contributed by atoms with van der Waals surface area (Å²) in [7, 11) is 0. The van der Waals surface area contributed by atoms with Gasteiger partial charge >= 0.3 is 0 Å². The van der Waals surface area contributed by atoms with Gasteiger partial charge in [-0.1, -0.05) is 35.1 Å². The number of benzene rings is 1. The maximum atomic E-state index is 5.30. The average Bonchev–Trinajstić information content (AvgIpc) is 3.34. The van der Waals surface area contributed by atoms with Crippen LogP contribution >= 0.6 is 39.0 Å². The fourth-order valence-electron chi connectivity index (χ4n) is 1.97. The first-order chi connectivity index (χ1) is 11.8. The third-order valence-corrected chi connectivity index (χ3v) is 5.61. The van der Waals surface area contributed by atoms with E-state index >= 15 is 0 Å². The van der Waals surface area contributed by atoms with E-state index < -0.39 is 0 Å². The summed E-state index contributed by atoms with van der Waals surface area (Å²) in [5.41, 5.74) is 0.902. The average molecular weight is 421 g/mol. The summed E-state index contributed by atoms with van der Waals surface area (Å²) in [6, 6.07) is 11.7. The molecule has 0 bridgehead atoms. The summed E-state index contributed by atoms with van der Waals surface area (Å²) in [5, 5.41) is 18.5. The van der Waals surface area contributed by atoms with Gasteiger partial charge in [0.2, 0.25) is 16.9 Å². The molecule has 4 rings (SSSR count). The number of halogens is 1. The first-order valence-corrected chi connectivity index (χ1v) is 9.49. The zero-order valence-corrected chi connectivity index (χ0v) is 15.3. The fourth-order valence-corrected chi connectivity index (χ4v) is 4.05.